The van der Waals surface area contributed by atoms with Crippen LogP contribution in [-0.4, -0.2) is 10.8 Å². The number of aromatic nitrogens is 1. The van der Waals surface area contributed by atoms with E-state index in [0.29, 0.717) is 18.4 Å². The number of halogens is 2. The topological polar surface area (TPSA) is 53.8 Å². The summed E-state index contributed by atoms with van der Waals surface area (Å²) >= 11 is 11.7. The van der Waals surface area contributed by atoms with E-state index in [1.54, 1.807) is 24.5 Å². The van der Waals surface area contributed by atoms with E-state index in [9.17, 15) is 4.79 Å². The van der Waals surface area contributed by atoms with Gasteiger partial charge in [0.1, 0.15) is 5.78 Å². The largest absolute Gasteiger partial charge is 0.300 e. The fourth-order valence-corrected chi connectivity index (χ4v) is 2.67. The van der Waals surface area contributed by atoms with Crippen LogP contribution >= 0.6 is 23.2 Å². The molecule has 0 saturated carbocycles. The van der Waals surface area contributed by atoms with Crippen LogP contribution in [0.15, 0.2) is 73.1 Å². The predicted molar refractivity (Wildman–Crippen MR) is 114 cm³/mol. The van der Waals surface area contributed by atoms with Gasteiger partial charge in [0, 0.05) is 35.3 Å². The molecule has 0 spiro atoms. The third-order valence-electron chi connectivity index (χ3n) is 4.02. The molecule has 0 saturated heterocycles. The van der Waals surface area contributed by atoms with Crippen molar-refractivity contribution in [2.45, 2.75) is 25.7 Å². The Morgan fingerprint density at radius 3 is 1.57 bits per heavy atom. The first-order chi connectivity index (χ1) is 13.6. The van der Waals surface area contributed by atoms with Gasteiger partial charge in [-0.05, 0) is 60.4 Å². The van der Waals surface area contributed by atoms with Crippen molar-refractivity contribution >= 4 is 29.0 Å². The molecule has 0 unspecified atom stereocenters. The highest BCUT2D eigenvalue weighted by Crippen LogP contribution is 2.13. The molecule has 28 heavy (non-hydrogen) atoms. The predicted octanol–water partition coefficient (Wildman–Crippen LogP) is 6.08. The summed E-state index contributed by atoms with van der Waals surface area (Å²) in [4.78, 5) is 15.6. The van der Waals surface area contributed by atoms with Gasteiger partial charge >= 0.3 is 0 Å². The zero-order valence-electron chi connectivity index (χ0n) is 15.3. The Bertz CT molecular complexity index is 851. The molecule has 142 valence electrons. The Morgan fingerprint density at radius 2 is 1.21 bits per heavy atom. The lowest BCUT2D eigenvalue weighted by Gasteiger charge is -2.03. The SMILES string of the molecule is N#Cc1ccncc1.O=C(CCc1ccc(Cl)cc1)CCc1ccc(Cl)cc1. The molecule has 0 atom stereocenters. The molecule has 5 heteroatoms. The van der Waals surface area contributed by atoms with Gasteiger partial charge in [0.25, 0.3) is 0 Å². The van der Waals surface area contributed by atoms with Gasteiger partial charge in [-0.1, -0.05) is 47.5 Å². The van der Waals surface area contributed by atoms with Crippen molar-refractivity contribution in [1.82, 2.24) is 4.98 Å². The molecule has 0 aliphatic rings. The molecule has 1 aromatic heterocycles. The lowest BCUT2D eigenvalue weighted by Crippen LogP contribution is -2.02. The summed E-state index contributed by atoms with van der Waals surface area (Å²) in [7, 11) is 0. The number of benzene rings is 2. The second-order valence-electron chi connectivity index (χ2n) is 6.14. The van der Waals surface area contributed by atoms with Gasteiger partial charge in [0.05, 0.1) is 11.6 Å². The number of nitrogens with zero attached hydrogens (tertiary/aromatic N) is 2. The molecule has 3 aromatic rings. The van der Waals surface area contributed by atoms with Crippen LogP contribution in [0.1, 0.15) is 29.5 Å². The van der Waals surface area contributed by atoms with E-state index >= 15 is 0 Å². The average molecular weight is 411 g/mol. The van der Waals surface area contributed by atoms with E-state index in [4.69, 9.17) is 28.5 Å². The molecule has 0 aliphatic carbocycles. The summed E-state index contributed by atoms with van der Waals surface area (Å²) < 4.78 is 0. The van der Waals surface area contributed by atoms with Crippen LogP contribution in [0.4, 0.5) is 0 Å². The molecule has 0 radical (unpaired) electrons. The van der Waals surface area contributed by atoms with Gasteiger partial charge in [-0.25, -0.2) is 0 Å². The number of rotatable bonds is 6. The maximum atomic E-state index is 11.9. The lowest BCUT2D eigenvalue weighted by atomic mass is 10.0. The number of carbonyl (C=O) groups is 1. The Kier molecular flexibility index (Phi) is 9.21. The van der Waals surface area contributed by atoms with Crippen LogP contribution in [0.3, 0.4) is 0 Å². The average Bonchev–Trinajstić information content (AvgIpc) is 2.74. The van der Waals surface area contributed by atoms with Crippen molar-refractivity contribution in [2.75, 3.05) is 0 Å². The Morgan fingerprint density at radius 1 is 0.786 bits per heavy atom. The zero-order valence-corrected chi connectivity index (χ0v) is 16.8. The summed E-state index contributed by atoms with van der Waals surface area (Å²) in [5.74, 6) is 0.287. The number of hydrogen-bond donors (Lipinski definition) is 0. The normalized spacial score (nSPS) is 9.75. The van der Waals surface area contributed by atoms with E-state index in [-0.39, 0.29) is 5.78 Å². The van der Waals surface area contributed by atoms with E-state index in [0.717, 1.165) is 34.0 Å². The number of ketones is 1. The van der Waals surface area contributed by atoms with Gasteiger partial charge in [-0.2, -0.15) is 5.26 Å². The van der Waals surface area contributed by atoms with Crippen molar-refractivity contribution in [3.8, 4) is 6.07 Å². The van der Waals surface area contributed by atoms with Crippen LogP contribution in [0, 0.1) is 11.3 Å². The Hall–Kier alpha value is -2.67. The second-order valence-corrected chi connectivity index (χ2v) is 7.01. The minimum Gasteiger partial charge on any atom is -0.300 e. The van der Waals surface area contributed by atoms with Gasteiger partial charge < -0.3 is 0 Å². The Labute approximate surface area is 175 Å². The van der Waals surface area contributed by atoms with Crippen LogP contribution in [0.2, 0.25) is 10.0 Å². The molecule has 0 aliphatic heterocycles. The van der Waals surface area contributed by atoms with Gasteiger partial charge in [-0.3, -0.25) is 9.78 Å². The first-order valence-electron chi connectivity index (χ1n) is 8.87. The van der Waals surface area contributed by atoms with Crippen LogP contribution in [-0.2, 0) is 17.6 Å². The first kappa shape index (κ1) is 21.6. The van der Waals surface area contributed by atoms with E-state index in [2.05, 4.69) is 4.98 Å². The van der Waals surface area contributed by atoms with Crippen molar-refractivity contribution in [3.63, 3.8) is 0 Å². The highest BCUT2D eigenvalue weighted by atomic mass is 35.5. The standard InChI is InChI=1S/C17H16Cl2O.C6H4N2/c18-15-7-1-13(2-8-15)5-11-17(20)12-6-14-3-9-16(19)10-4-14;7-5-6-1-3-8-4-2-6/h1-4,7-10H,5-6,11-12H2;1-4H. The third-order valence-corrected chi connectivity index (χ3v) is 4.52. The molecule has 3 nitrogen and oxygen atoms in total. The number of Topliss-reactive ketones (excluding diaryl/α,β-unsaturated/α-hetero) is 1. The fraction of sp³-hybridized carbons (Fsp3) is 0.174. The number of pyridine rings is 1. The van der Waals surface area contributed by atoms with Crippen molar-refractivity contribution < 1.29 is 4.79 Å². The van der Waals surface area contributed by atoms with Gasteiger partial charge in [0.15, 0.2) is 0 Å². The van der Waals surface area contributed by atoms with Crippen LogP contribution in [0.5, 0.6) is 0 Å². The third kappa shape index (κ3) is 8.35. The van der Waals surface area contributed by atoms with Crippen molar-refractivity contribution in [3.05, 3.63) is 99.8 Å². The van der Waals surface area contributed by atoms with Gasteiger partial charge in [0.2, 0.25) is 0 Å². The van der Waals surface area contributed by atoms with E-state index in [1.165, 1.54) is 0 Å². The molecule has 1 heterocycles. The maximum absolute atomic E-state index is 11.9. The molecule has 0 N–H and O–H groups in total. The molecule has 2 aromatic carbocycles. The number of carbonyl (C=O) groups excluding carboxylic acids is 1. The minimum atomic E-state index is 0.287. The highest BCUT2D eigenvalue weighted by molar-refractivity contribution is 6.30. The fourth-order valence-electron chi connectivity index (χ4n) is 2.42. The maximum Gasteiger partial charge on any atom is 0.133 e. The monoisotopic (exact) mass is 410 g/mol. The molecule has 0 bridgehead atoms. The number of hydrogen-bond acceptors (Lipinski definition) is 3. The molecular weight excluding hydrogens is 391 g/mol. The second kappa shape index (κ2) is 11.9. The lowest BCUT2D eigenvalue weighted by molar-refractivity contribution is -0.119. The quantitative estimate of drug-likeness (QED) is 0.494. The summed E-state index contributed by atoms with van der Waals surface area (Å²) in [6.07, 6.45) is 5.90. The highest BCUT2D eigenvalue weighted by Gasteiger charge is 2.04. The molecule has 3 rings (SSSR count). The first-order valence-corrected chi connectivity index (χ1v) is 9.63. The molecule has 0 amide bonds. The number of aryl methyl sites for hydroxylation is 2. The Balaban J connectivity index is 0.000000292. The zero-order chi connectivity index (χ0) is 20.2. The van der Waals surface area contributed by atoms with E-state index in [1.807, 2.05) is 54.6 Å². The van der Waals surface area contributed by atoms with E-state index < -0.39 is 0 Å². The van der Waals surface area contributed by atoms with Gasteiger partial charge in [-0.15, -0.1) is 0 Å². The molecule has 0 fully saturated rings. The van der Waals surface area contributed by atoms with Crippen molar-refractivity contribution in [1.29, 1.82) is 5.26 Å². The summed E-state index contributed by atoms with van der Waals surface area (Å²) in [5, 5.41) is 9.71. The smallest absolute Gasteiger partial charge is 0.133 e. The molecular formula is C23H20Cl2N2O. The summed E-state index contributed by atoms with van der Waals surface area (Å²) in [5.41, 5.74) is 2.95. The van der Waals surface area contributed by atoms with Crippen LogP contribution in [0.25, 0.3) is 0 Å². The minimum absolute atomic E-state index is 0.287. The number of nitriles is 1. The summed E-state index contributed by atoms with van der Waals surface area (Å²) in [6.45, 7) is 0. The van der Waals surface area contributed by atoms with Crippen molar-refractivity contribution in [2.24, 2.45) is 0 Å². The van der Waals surface area contributed by atoms with Crippen LogP contribution < -0.4 is 0 Å². The summed E-state index contributed by atoms with van der Waals surface area (Å²) in [6, 6.07) is 20.6.